The van der Waals surface area contributed by atoms with Crippen LogP contribution in [0.15, 0.2) is 42.5 Å². The highest BCUT2D eigenvalue weighted by Gasteiger charge is 2.35. The predicted molar refractivity (Wildman–Crippen MR) is 135 cm³/mol. The zero-order valence-electron chi connectivity index (χ0n) is 20.8. The van der Waals surface area contributed by atoms with Gasteiger partial charge in [-0.3, -0.25) is 13.9 Å². The molecule has 0 aliphatic heterocycles. The van der Waals surface area contributed by atoms with Gasteiger partial charge in [0.2, 0.25) is 21.8 Å². The van der Waals surface area contributed by atoms with Gasteiger partial charge in [-0.15, -0.1) is 0 Å². The molecule has 8 nitrogen and oxygen atoms in total. The normalized spacial score (nSPS) is 12.5. The summed E-state index contributed by atoms with van der Waals surface area (Å²) >= 11 is 5.67. The van der Waals surface area contributed by atoms with Crippen LogP contribution < -0.4 is 14.4 Å². The summed E-state index contributed by atoms with van der Waals surface area (Å²) in [7, 11) is -2.71. The van der Waals surface area contributed by atoms with Crippen LogP contribution >= 0.6 is 11.6 Å². The molecule has 0 bridgehead atoms. The van der Waals surface area contributed by atoms with Gasteiger partial charge in [-0.1, -0.05) is 30.7 Å². The number of methoxy groups -OCH3 is 1. The summed E-state index contributed by atoms with van der Waals surface area (Å²) in [5.41, 5.74) is -1.00. The maximum atomic E-state index is 13.4. The van der Waals surface area contributed by atoms with Gasteiger partial charge in [0.05, 0.1) is 29.6 Å². The quantitative estimate of drug-likeness (QED) is 0.444. The van der Waals surface area contributed by atoms with Crippen LogP contribution in [-0.4, -0.2) is 57.6 Å². The van der Waals surface area contributed by atoms with E-state index in [2.05, 4.69) is 5.32 Å². The number of anilines is 1. The Morgan fingerprint density at radius 3 is 2.27 bits per heavy atom. The van der Waals surface area contributed by atoms with Gasteiger partial charge in [0, 0.05) is 13.1 Å². The second-order valence-corrected chi connectivity index (χ2v) is 10.6. The van der Waals surface area contributed by atoms with Crippen LogP contribution in [0.2, 0.25) is 5.02 Å². The van der Waals surface area contributed by atoms with Gasteiger partial charge in [0.1, 0.15) is 18.3 Å². The number of benzene rings is 2. The van der Waals surface area contributed by atoms with E-state index in [9.17, 15) is 31.2 Å². The zero-order chi connectivity index (χ0) is 28.0. The third kappa shape index (κ3) is 8.26. The van der Waals surface area contributed by atoms with Crippen molar-refractivity contribution in [3.8, 4) is 5.75 Å². The minimum atomic E-state index is -4.84. The highest BCUT2D eigenvalue weighted by Crippen LogP contribution is 2.37. The molecule has 2 amide bonds. The smallest absolute Gasteiger partial charge is 0.417 e. The maximum absolute atomic E-state index is 13.4. The summed E-state index contributed by atoms with van der Waals surface area (Å²) in [6.07, 6.45) is -3.41. The summed E-state index contributed by atoms with van der Waals surface area (Å²) in [4.78, 5) is 27.3. The number of nitrogens with one attached hydrogen (secondary N) is 1. The van der Waals surface area contributed by atoms with Crippen LogP contribution in [0.25, 0.3) is 0 Å². The van der Waals surface area contributed by atoms with Gasteiger partial charge in [-0.05, 0) is 49.2 Å². The lowest BCUT2D eigenvalue weighted by molar-refractivity contribution is -0.139. The second-order valence-electron chi connectivity index (χ2n) is 8.27. The van der Waals surface area contributed by atoms with E-state index in [4.69, 9.17) is 16.3 Å². The Kier molecular flexibility index (Phi) is 10.2. The standard InChI is InChI=1S/C24H29ClF3N3O5S/c1-5-12-29-23(33)16(2)30(14-17-6-9-19(36-3)10-7-17)22(32)15-31(37(4,34)35)18-8-11-21(25)20(13-18)24(26,27)28/h6-11,13,16H,5,12,14-15H2,1-4H3,(H,29,33)/t16-/m1/s1. The molecule has 0 aromatic heterocycles. The van der Waals surface area contributed by atoms with E-state index in [-0.39, 0.29) is 12.2 Å². The second kappa shape index (κ2) is 12.5. The Bertz CT molecular complexity index is 1210. The molecular weight excluding hydrogens is 535 g/mol. The monoisotopic (exact) mass is 563 g/mol. The number of ether oxygens (including phenoxy) is 1. The Labute approximate surface area is 219 Å². The van der Waals surface area contributed by atoms with Gasteiger partial charge < -0.3 is 15.0 Å². The van der Waals surface area contributed by atoms with E-state index in [1.165, 1.54) is 18.9 Å². The molecule has 0 saturated carbocycles. The van der Waals surface area contributed by atoms with Crippen LogP contribution in [-0.2, 0) is 32.3 Å². The largest absolute Gasteiger partial charge is 0.497 e. The van der Waals surface area contributed by atoms with Crippen LogP contribution in [0.3, 0.4) is 0 Å². The van der Waals surface area contributed by atoms with Gasteiger partial charge >= 0.3 is 6.18 Å². The maximum Gasteiger partial charge on any atom is 0.417 e. The van der Waals surface area contributed by atoms with E-state index < -0.39 is 51.2 Å². The van der Waals surface area contributed by atoms with Gasteiger partial charge in [0.15, 0.2) is 0 Å². The molecule has 2 rings (SSSR count). The number of rotatable bonds is 11. The van der Waals surface area contributed by atoms with E-state index in [0.717, 1.165) is 18.4 Å². The number of hydrogen-bond donors (Lipinski definition) is 1. The fraction of sp³-hybridized carbons (Fsp3) is 0.417. The van der Waals surface area contributed by atoms with Crippen LogP contribution in [0.5, 0.6) is 5.75 Å². The zero-order valence-corrected chi connectivity index (χ0v) is 22.4. The van der Waals surface area contributed by atoms with Crippen LogP contribution in [0.1, 0.15) is 31.4 Å². The minimum absolute atomic E-state index is 0.0600. The Hall–Kier alpha value is -2.99. The lowest BCUT2D eigenvalue weighted by Crippen LogP contribution is -2.51. The molecule has 1 N–H and O–H groups in total. The first-order valence-electron chi connectivity index (χ1n) is 11.2. The molecular formula is C24H29ClF3N3O5S. The van der Waals surface area contributed by atoms with E-state index in [1.54, 1.807) is 24.3 Å². The average molecular weight is 564 g/mol. The van der Waals surface area contributed by atoms with Crippen molar-refractivity contribution in [2.24, 2.45) is 0 Å². The third-order valence-corrected chi connectivity index (χ3v) is 6.92. The SMILES string of the molecule is CCCNC(=O)[C@@H](C)N(Cc1ccc(OC)cc1)C(=O)CN(c1ccc(Cl)c(C(F)(F)F)c1)S(C)(=O)=O. The minimum Gasteiger partial charge on any atom is -0.497 e. The molecule has 0 aliphatic carbocycles. The van der Waals surface area contributed by atoms with Crippen LogP contribution in [0, 0.1) is 0 Å². The average Bonchev–Trinajstić information content (AvgIpc) is 2.83. The predicted octanol–water partition coefficient (Wildman–Crippen LogP) is 4.08. The van der Waals surface area contributed by atoms with Crippen molar-refractivity contribution in [3.05, 3.63) is 58.6 Å². The molecule has 204 valence electrons. The number of amides is 2. The first-order valence-corrected chi connectivity index (χ1v) is 13.5. The number of hydrogen-bond acceptors (Lipinski definition) is 5. The molecule has 0 unspecified atom stereocenters. The first-order chi connectivity index (χ1) is 17.2. The fourth-order valence-corrected chi connectivity index (χ4v) is 4.47. The van der Waals surface area contributed by atoms with E-state index in [1.807, 2.05) is 6.92 Å². The van der Waals surface area contributed by atoms with Crippen LogP contribution in [0.4, 0.5) is 18.9 Å². The molecule has 0 aliphatic rings. The Morgan fingerprint density at radius 2 is 1.76 bits per heavy atom. The van der Waals surface area contributed by atoms with E-state index in [0.29, 0.717) is 34.7 Å². The molecule has 1 atom stereocenters. The molecule has 2 aromatic carbocycles. The number of halogens is 4. The van der Waals surface area contributed by atoms with Crippen molar-refractivity contribution in [1.82, 2.24) is 10.2 Å². The summed E-state index contributed by atoms with van der Waals surface area (Å²) in [6.45, 7) is 2.82. The highest BCUT2D eigenvalue weighted by molar-refractivity contribution is 7.92. The van der Waals surface area contributed by atoms with Crippen molar-refractivity contribution in [3.63, 3.8) is 0 Å². The third-order valence-electron chi connectivity index (χ3n) is 5.45. The molecule has 0 heterocycles. The number of carbonyl (C=O) groups is 2. The molecule has 0 spiro atoms. The summed E-state index contributed by atoms with van der Waals surface area (Å²) < 4.78 is 71.0. The summed E-state index contributed by atoms with van der Waals surface area (Å²) in [5, 5.41) is 2.08. The molecule has 0 radical (unpaired) electrons. The molecule has 0 fully saturated rings. The topological polar surface area (TPSA) is 96.0 Å². The fourth-order valence-electron chi connectivity index (χ4n) is 3.41. The molecule has 37 heavy (non-hydrogen) atoms. The lowest BCUT2D eigenvalue weighted by atomic mass is 10.1. The Balaban J connectivity index is 2.45. The summed E-state index contributed by atoms with van der Waals surface area (Å²) in [5.74, 6) is -0.675. The van der Waals surface area contributed by atoms with Gasteiger partial charge in [0.25, 0.3) is 0 Å². The number of sulfonamides is 1. The molecule has 13 heteroatoms. The van der Waals surface area contributed by atoms with Crippen molar-refractivity contribution in [2.75, 3.05) is 30.8 Å². The number of alkyl halides is 3. The molecule has 2 aromatic rings. The van der Waals surface area contributed by atoms with Crippen molar-refractivity contribution < 1.29 is 35.9 Å². The highest BCUT2D eigenvalue weighted by atomic mass is 35.5. The lowest BCUT2D eigenvalue weighted by Gasteiger charge is -2.31. The van der Waals surface area contributed by atoms with Crippen molar-refractivity contribution in [1.29, 1.82) is 0 Å². The van der Waals surface area contributed by atoms with E-state index >= 15 is 0 Å². The number of carbonyl (C=O) groups excluding carboxylic acids is 2. The van der Waals surface area contributed by atoms with Gasteiger partial charge in [-0.2, -0.15) is 13.2 Å². The first kappa shape index (κ1) is 30.2. The van der Waals surface area contributed by atoms with Crippen molar-refractivity contribution in [2.45, 2.75) is 39.0 Å². The summed E-state index contributed by atoms with van der Waals surface area (Å²) in [6, 6.07) is 8.25. The van der Waals surface area contributed by atoms with Gasteiger partial charge in [-0.25, -0.2) is 8.42 Å². The molecule has 0 saturated heterocycles. The van der Waals surface area contributed by atoms with Crippen molar-refractivity contribution >= 4 is 39.1 Å². The number of nitrogens with zero attached hydrogens (tertiary/aromatic N) is 2. The Morgan fingerprint density at radius 1 is 1.14 bits per heavy atom.